The molecule has 0 bridgehead atoms. The largest absolute Gasteiger partial charge is 0.297 e. The lowest BCUT2D eigenvalue weighted by Crippen LogP contribution is -2.36. The van der Waals surface area contributed by atoms with Crippen molar-refractivity contribution in [3.63, 3.8) is 0 Å². The summed E-state index contributed by atoms with van der Waals surface area (Å²) < 4.78 is 0. The van der Waals surface area contributed by atoms with Crippen LogP contribution in [0.25, 0.3) is 11.3 Å². The van der Waals surface area contributed by atoms with Crippen LogP contribution in [0.1, 0.15) is 23.3 Å². The Morgan fingerprint density at radius 3 is 2.48 bits per heavy atom. The van der Waals surface area contributed by atoms with Crippen LogP contribution in [0.2, 0.25) is 0 Å². The van der Waals surface area contributed by atoms with Crippen LogP contribution < -0.4 is 10.3 Å². The highest BCUT2D eigenvalue weighted by molar-refractivity contribution is 7.16. The summed E-state index contributed by atoms with van der Waals surface area (Å²) in [7, 11) is 0. The molecule has 3 aromatic rings. The molecule has 0 unspecified atom stereocenters. The van der Waals surface area contributed by atoms with Crippen molar-refractivity contribution < 1.29 is 9.59 Å². The number of carbonyl (C=O) groups excluding carboxylic acids is 2. The first kappa shape index (κ1) is 19.0. The first-order valence-electron chi connectivity index (χ1n) is 9.32. The van der Waals surface area contributed by atoms with Gasteiger partial charge >= 0.3 is 0 Å². The summed E-state index contributed by atoms with van der Waals surface area (Å²) in [6.07, 6.45) is 0.551. The lowest BCUT2D eigenvalue weighted by Gasteiger charge is -2.22. The van der Waals surface area contributed by atoms with E-state index in [1.165, 1.54) is 21.9 Å². The molecule has 2 amide bonds. The molecule has 2 aromatic carbocycles. The van der Waals surface area contributed by atoms with E-state index < -0.39 is 0 Å². The third-order valence-corrected chi connectivity index (χ3v) is 5.52. The second-order valence-electron chi connectivity index (χ2n) is 6.83. The van der Waals surface area contributed by atoms with Gasteiger partial charge in [0.15, 0.2) is 5.13 Å². The van der Waals surface area contributed by atoms with E-state index in [-0.39, 0.29) is 18.2 Å². The number of amides is 2. The van der Waals surface area contributed by atoms with Gasteiger partial charge in [-0.1, -0.05) is 48.0 Å². The average Bonchev–Trinajstić information content (AvgIpc) is 3.09. The number of benzene rings is 2. The molecule has 1 aliphatic rings. The Morgan fingerprint density at radius 2 is 1.76 bits per heavy atom. The summed E-state index contributed by atoms with van der Waals surface area (Å²) in [5, 5.41) is 8.95. The standard InChI is InChI=1S/C22H20N4O2S/c1-14-8-10-16(11-9-14)20-15(2)29-22(23-20)24-21(28)18-12-13-19(27)26(25-18)17-6-4-3-5-7-17/h3-11H,12-13H2,1-2H3,(H,23,24,28). The van der Waals surface area contributed by atoms with E-state index in [1.807, 2.05) is 56.3 Å². The van der Waals surface area contributed by atoms with E-state index in [1.54, 1.807) is 12.1 Å². The summed E-state index contributed by atoms with van der Waals surface area (Å²) in [6.45, 7) is 4.02. The maximum Gasteiger partial charge on any atom is 0.273 e. The number of carbonyl (C=O) groups is 2. The average molecular weight is 404 g/mol. The van der Waals surface area contributed by atoms with Gasteiger partial charge in [0, 0.05) is 23.3 Å². The molecule has 6 nitrogen and oxygen atoms in total. The number of hydrazone groups is 1. The molecule has 2 heterocycles. The predicted octanol–water partition coefficient (Wildman–Crippen LogP) is 4.55. The van der Waals surface area contributed by atoms with Crippen LogP contribution in [0, 0.1) is 13.8 Å². The Morgan fingerprint density at radius 1 is 1.03 bits per heavy atom. The Bertz CT molecular complexity index is 1090. The number of nitrogens with one attached hydrogen (secondary N) is 1. The van der Waals surface area contributed by atoms with Crippen molar-refractivity contribution in [1.29, 1.82) is 0 Å². The van der Waals surface area contributed by atoms with Crippen molar-refractivity contribution in [2.75, 3.05) is 10.3 Å². The Hall–Kier alpha value is -3.32. The molecule has 0 saturated heterocycles. The fourth-order valence-corrected chi connectivity index (χ4v) is 3.92. The van der Waals surface area contributed by atoms with E-state index in [9.17, 15) is 9.59 Å². The molecular formula is C22H20N4O2S. The van der Waals surface area contributed by atoms with Gasteiger partial charge in [-0.3, -0.25) is 14.9 Å². The number of hydrogen-bond acceptors (Lipinski definition) is 5. The molecule has 4 rings (SSSR count). The minimum atomic E-state index is -0.331. The van der Waals surface area contributed by atoms with Crippen LogP contribution in [0.3, 0.4) is 0 Å². The zero-order valence-electron chi connectivity index (χ0n) is 16.2. The molecule has 0 radical (unpaired) electrons. The van der Waals surface area contributed by atoms with Crippen molar-refractivity contribution in [2.24, 2.45) is 5.10 Å². The monoisotopic (exact) mass is 404 g/mol. The van der Waals surface area contributed by atoms with Gasteiger partial charge in [0.05, 0.1) is 11.4 Å². The first-order chi connectivity index (χ1) is 14.0. The summed E-state index contributed by atoms with van der Waals surface area (Å²) in [5.41, 5.74) is 4.02. The fourth-order valence-electron chi connectivity index (χ4n) is 3.09. The van der Waals surface area contributed by atoms with E-state index >= 15 is 0 Å². The van der Waals surface area contributed by atoms with Crippen molar-refractivity contribution in [1.82, 2.24) is 4.98 Å². The van der Waals surface area contributed by atoms with E-state index in [0.29, 0.717) is 23.0 Å². The number of thiazole rings is 1. The van der Waals surface area contributed by atoms with Gasteiger partial charge in [-0.05, 0) is 26.0 Å². The van der Waals surface area contributed by atoms with Gasteiger partial charge in [0.2, 0.25) is 5.91 Å². The molecule has 146 valence electrons. The Labute approximate surface area is 172 Å². The van der Waals surface area contributed by atoms with Crippen LogP contribution in [0.5, 0.6) is 0 Å². The normalized spacial score (nSPS) is 13.9. The molecule has 0 aliphatic carbocycles. The highest BCUT2D eigenvalue weighted by atomic mass is 32.1. The highest BCUT2D eigenvalue weighted by Crippen LogP contribution is 2.30. The first-order valence-corrected chi connectivity index (χ1v) is 10.1. The minimum Gasteiger partial charge on any atom is -0.297 e. The van der Waals surface area contributed by atoms with Gasteiger partial charge in [-0.2, -0.15) is 5.10 Å². The van der Waals surface area contributed by atoms with Crippen LogP contribution in [-0.2, 0) is 9.59 Å². The predicted molar refractivity (Wildman–Crippen MR) is 116 cm³/mol. The van der Waals surface area contributed by atoms with Gasteiger partial charge in [-0.15, -0.1) is 11.3 Å². The zero-order chi connectivity index (χ0) is 20.4. The van der Waals surface area contributed by atoms with Gasteiger partial charge in [0.1, 0.15) is 5.71 Å². The number of hydrogen-bond donors (Lipinski definition) is 1. The Kier molecular flexibility index (Phi) is 5.22. The third-order valence-electron chi connectivity index (χ3n) is 4.64. The van der Waals surface area contributed by atoms with E-state index in [2.05, 4.69) is 15.4 Å². The number of para-hydroxylation sites is 1. The number of aromatic nitrogens is 1. The maximum atomic E-state index is 12.7. The summed E-state index contributed by atoms with van der Waals surface area (Å²) in [4.78, 5) is 30.6. The third kappa shape index (κ3) is 4.09. The van der Waals surface area contributed by atoms with Crippen LogP contribution in [0.4, 0.5) is 10.8 Å². The van der Waals surface area contributed by atoms with Crippen LogP contribution in [0.15, 0.2) is 59.7 Å². The van der Waals surface area contributed by atoms with E-state index in [0.717, 1.165) is 16.1 Å². The van der Waals surface area contributed by atoms with Crippen molar-refractivity contribution in [3.05, 3.63) is 65.0 Å². The number of anilines is 2. The van der Waals surface area contributed by atoms with Crippen molar-refractivity contribution in [3.8, 4) is 11.3 Å². The Balaban J connectivity index is 1.54. The van der Waals surface area contributed by atoms with Gasteiger partial charge < -0.3 is 0 Å². The van der Waals surface area contributed by atoms with E-state index in [4.69, 9.17) is 0 Å². The van der Waals surface area contributed by atoms with Crippen LogP contribution in [-0.4, -0.2) is 22.5 Å². The smallest absolute Gasteiger partial charge is 0.273 e. The van der Waals surface area contributed by atoms with Crippen molar-refractivity contribution >= 4 is 39.7 Å². The lowest BCUT2D eigenvalue weighted by molar-refractivity contribution is -0.118. The molecular weight excluding hydrogens is 384 g/mol. The molecule has 1 aliphatic heterocycles. The molecule has 1 aromatic heterocycles. The van der Waals surface area contributed by atoms with Gasteiger partial charge in [0.25, 0.3) is 5.91 Å². The SMILES string of the molecule is Cc1ccc(-c2nc(NC(=O)C3=NN(c4ccccc4)C(=O)CC3)sc2C)cc1. The van der Waals surface area contributed by atoms with Gasteiger partial charge in [-0.25, -0.2) is 9.99 Å². The molecule has 0 spiro atoms. The van der Waals surface area contributed by atoms with Crippen LogP contribution >= 0.6 is 11.3 Å². The zero-order valence-corrected chi connectivity index (χ0v) is 17.0. The molecule has 7 heteroatoms. The topological polar surface area (TPSA) is 74.7 Å². The molecule has 29 heavy (non-hydrogen) atoms. The number of nitrogens with zero attached hydrogens (tertiary/aromatic N) is 3. The second kappa shape index (κ2) is 7.97. The summed E-state index contributed by atoms with van der Waals surface area (Å²) in [5.74, 6) is -0.456. The molecule has 0 saturated carbocycles. The minimum absolute atomic E-state index is 0.125. The molecule has 0 fully saturated rings. The summed E-state index contributed by atoms with van der Waals surface area (Å²) >= 11 is 1.42. The highest BCUT2D eigenvalue weighted by Gasteiger charge is 2.26. The molecule has 1 N–H and O–H groups in total. The number of aryl methyl sites for hydroxylation is 2. The fraction of sp³-hybridized carbons (Fsp3) is 0.182. The lowest BCUT2D eigenvalue weighted by atomic mass is 10.1. The summed E-state index contributed by atoms with van der Waals surface area (Å²) in [6, 6.07) is 17.2. The maximum absolute atomic E-state index is 12.7. The van der Waals surface area contributed by atoms with Crippen molar-refractivity contribution in [2.45, 2.75) is 26.7 Å². The second-order valence-corrected chi connectivity index (χ2v) is 8.03. The quantitative estimate of drug-likeness (QED) is 0.693. The number of rotatable bonds is 4. The molecule has 0 atom stereocenters.